The van der Waals surface area contributed by atoms with Crippen LogP contribution < -0.4 is 10.2 Å². The van der Waals surface area contributed by atoms with Crippen molar-refractivity contribution in [2.45, 2.75) is 58.4 Å². The van der Waals surface area contributed by atoms with Crippen LogP contribution in [0, 0.1) is 23.2 Å². The third kappa shape index (κ3) is 3.44. The van der Waals surface area contributed by atoms with Gasteiger partial charge in [0.2, 0.25) is 5.91 Å². The topological polar surface area (TPSA) is 53.9 Å². The highest BCUT2D eigenvalue weighted by atomic mass is 16.2. The van der Waals surface area contributed by atoms with Gasteiger partial charge in [0, 0.05) is 13.0 Å². The summed E-state index contributed by atoms with van der Waals surface area (Å²) in [5, 5.41) is 3.38. The molecule has 0 unspecified atom stereocenters. The monoisotopic (exact) mass is 348 g/mol. The summed E-state index contributed by atoms with van der Waals surface area (Å²) in [5.41, 5.74) is 0.382. The maximum absolute atomic E-state index is 12.6. The van der Waals surface area contributed by atoms with E-state index in [1.807, 2.05) is 4.90 Å². The van der Waals surface area contributed by atoms with E-state index in [0.717, 1.165) is 43.9 Å². The van der Waals surface area contributed by atoms with E-state index in [2.05, 4.69) is 12.2 Å². The molecule has 0 aromatic heterocycles. The Morgan fingerprint density at radius 2 is 1.60 bits per heavy atom. The number of quaternary nitrogens is 1. The lowest BCUT2D eigenvalue weighted by Crippen LogP contribution is -3.15. The molecule has 5 rings (SSSR count). The Morgan fingerprint density at radius 1 is 1.08 bits per heavy atom. The van der Waals surface area contributed by atoms with Crippen molar-refractivity contribution < 1.29 is 14.5 Å². The molecule has 1 aliphatic heterocycles. The molecule has 2 N–H and O–H groups in total. The Labute approximate surface area is 151 Å². The van der Waals surface area contributed by atoms with Crippen molar-refractivity contribution in [3.05, 3.63) is 0 Å². The summed E-state index contributed by atoms with van der Waals surface area (Å²) in [6.45, 7) is 7.78. The molecule has 4 saturated carbocycles. The van der Waals surface area contributed by atoms with E-state index in [-0.39, 0.29) is 11.8 Å². The second-order valence-corrected chi connectivity index (χ2v) is 9.50. The number of amides is 2. The minimum absolute atomic E-state index is 0.152. The first-order chi connectivity index (χ1) is 11.9. The highest BCUT2D eigenvalue weighted by Crippen LogP contribution is 2.61. The number of nitrogens with zero attached hydrogens (tertiary/aromatic N) is 1. The van der Waals surface area contributed by atoms with Gasteiger partial charge in [-0.15, -0.1) is 0 Å². The Balaban J connectivity index is 1.29. The van der Waals surface area contributed by atoms with Gasteiger partial charge in [0.05, 0.1) is 26.2 Å². The highest BCUT2D eigenvalue weighted by molar-refractivity contribution is 5.77. The van der Waals surface area contributed by atoms with Crippen molar-refractivity contribution in [1.29, 1.82) is 0 Å². The predicted octanol–water partition coefficient (Wildman–Crippen LogP) is 0.455. The van der Waals surface area contributed by atoms with Gasteiger partial charge in [-0.1, -0.05) is 0 Å². The largest absolute Gasteiger partial charge is 0.348 e. The van der Waals surface area contributed by atoms with Crippen LogP contribution in [0.5, 0.6) is 0 Å². The molecule has 0 radical (unpaired) electrons. The first-order valence-corrected chi connectivity index (χ1v) is 10.3. The van der Waals surface area contributed by atoms with Crippen molar-refractivity contribution in [3.8, 4) is 0 Å². The summed E-state index contributed by atoms with van der Waals surface area (Å²) in [5.74, 6) is 3.14. The van der Waals surface area contributed by atoms with Crippen LogP contribution in [0.15, 0.2) is 0 Å². The van der Waals surface area contributed by atoms with Crippen LogP contribution in [-0.2, 0) is 9.59 Å². The number of carbonyl (C=O) groups excluding carboxylic acids is 2. The summed E-state index contributed by atoms with van der Waals surface area (Å²) in [6.07, 6.45) is 8.36. The lowest BCUT2D eigenvalue weighted by Gasteiger charge is -2.59. The van der Waals surface area contributed by atoms with Gasteiger partial charge >= 0.3 is 0 Å². The lowest BCUT2D eigenvalue weighted by molar-refractivity contribution is -0.896. The fraction of sp³-hybridized carbons (Fsp3) is 0.900. The first-order valence-electron chi connectivity index (χ1n) is 10.3. The standard InChI is InChI=1S/C20H33N3O2/c1-14(20-10-16-7-17(11-20)9-18(8-16)12-20)21-19(25)13-22-3-5-23(6-4-22)15(2)24/h14,16-18H,3-13H2,1-2H3,(H,21,25)/p+1/t14-,16?,17?,18?,20?/m0/s1. The third-order valence-electron chi connectivity index (χ3n) is 7.71. The van der Waals surface area contributed by atoms with Gasteiger partial charge in [-0.2, -0.15) is 0 Å². The molecule has 0 spiro atoms. The molecule has 25 heavy (non-hydrogen) atoms. The van der Waals surface area contributed by atoms with E-state index in [1.54, 1.807) is 6.92 Å². The number of carbonyl (C=O) groups is 2. The van der Waals surface area contributed by atoms with Gasteiger partial charge < -0.3 is 15.1 Å². The number of hydrogen-bond acceptors (Lipinski definition) is 2. The van der Waals surface area contributed by atoms with Gasteiger partial charge in [0.25, 0.3) is 5.91 Å². The SMILES string of the molecule is CC(=O)N1CC[NH+](CC(=O)N[C@@H](C)C23CC4CC(CC(C4)C2)C3)CC1. The van der Waals surface area contributed by atoms with E-state index in [4.69, 9.17) is 0 Å². The number of nitrogens with one attached hydrogen (secondary N) is 2. The Bertz CT molecular complexity index is 504. The maximum Gasteiger partial charge on any atom is 0.275 e. The molecule has 4 bridgehead atoms. The van der Waals surface area contributed by atoms with Gasteiger partial charge in [-0.25, -0.2) is 0 Å². The third-order valence-corrected chi connectivity index (χ3v) is 7.71. The van der Waals surface area contributed by atoms with Crippen molar-refractivity contribution in [2.75, 3.05) is 32.7 Å². The van der Waals surface area contributed by atoms with E-state index in [9.17, 15) is 9.59 Å². The van der Waals surface area contributed by atoms with Crippen molar-refractivity contribution in [2.24, 2.45) is 23.2 Å². The molecule has 4 aliphatic carbocycles. The molecular formula is C20H34N3O2+. The molecule has 5 fully saturated rings. The van der Waals surface area contributed by atoms with Crippen LogP contribution in [0.25, 0.3) is 0 Å². The number of hydrogen-bond donors (Lipinski definition) is 2. The Morgan fingerprint density at radius 3 is 2.08 bits per heavy atom. The predicted molar refractivity (Wildman–Crippen MR) is 96.0 cm³/mol. The molecule has 1 atom stereocenters. The summed E-state index contributed by atoms with van der Waals surface area (Å²) >= 11 is 0. The second-order valence-electron chi connectivity index (χ2n) is 9.50. The van der Waals surface area contributed by atoms with E-state index in [1.165, 1.54) is 43.4 Å². The minimum Gasteiger partial charge on any atom is -0.348 e. The molecule has 2 amide bonds. The summed E-state index contributed by atoms with van der Waals surface area (Å²) in [6, 6.07) is 0.311. The van der Waals surface area contributed by atoms with Gasteiger partial charge in [0.1, 0.15) is 0 Å². The molecular weight excluding hydrogens is 314 g/mol. The van der Waals surface area contributed by atoms with Gasteiger partial charge in [-0.05, 0) is 68.6 Å². The number of piperazine rings is 1. The Kier molecular flexibility index (Phi) is 4.55. The van der Waals surface area contributed by atoms with Crippen molar-refractivity contribution in [3.63, 3.8) is 0 Å². The van der Waals surface area contributed by atoms with Crippen LogP contribution in [0.1, 0.15) is 52.4 Å². The van der Waals surface area contributed by atoms with Crippen LogP contribution in [0.3, 0.4) is 0 Å². The normalized spacial score (nSPS) is 38.6. The van der Waals surface area contributed by atoms with Crippen LogP contribution in [0.4, 0.5) is 0 Å². The van der Waals surface area contributed by atoms with Crippen molar-refractivity contribution >= 4 is 11.8 Å². The van der Waals surface area contributed by atoms with E-state index >= 15 is 0 Å². The molecule has 0 aromatic rings. The van der Waals surface area contributed by atoms with Gasteiger partial charge in [0.15, 0.2) is 6.54 Å². The van der Waals surface area contributed by atoms with Crippen LogP contribution >= 0.6 is 0 Å². The zero-order chi connectivity index (χ0) is 17.6. The van der Waals surface area contributed by atoms with Gasteiger partial charge in [-0.3, -0.25) is 9.59 Å². The first kappa shape index (κ1) is 17.3. The molecule has 5 nitrogen and oxygen atoms in total. The summed E-state index contributed by atoms with van der Waals surface area (Å²) < 4.78 is 0. The Hall–Kier alpha value is -1.10. The smallest absolute Gasteiger partial charge is 0.275 e. The summed E-state index contributed by atoms with van der Waals surface area (Å²) in [7, 11) is 0. The van der Waals surface area contributed by atoms with Crippen LogP contribution in [0.2, 0.25) is 0 Å². The van der Waals surface area contributed by atoms with Crippen molar-refractivity contribution in [1.82, 2.24) is 10.2 Å². The van der Waals surface area contributed by atoms with Crippen LogP contribution in [-0.4, -0.2) is 55.5 Å². The quantitative estimate of drug-likeness (QED) is 0.775. The molecule has 1 saturated heterocycles. The number of rotatable bonds is 4. The fourth-order valence-corrected chi connectivity index (χ4v) is 6.70. The molecule has 1 heterocycles. The summed E-state index contributed by atoms with van der Waals surface area (Å²) in [4.78, 5) is 27.2. The zero-order valence-corrected chi connectivity index (χ0v) is 15.9. The second kappa shape index (κ2) is 6.57. The highest BCUT2D eigenvalue weighted by Gasteiger charge is 2.53. The van der Waals surface area contributed by atoms with E-state index < -0.39 is 0 Å². The molecule has 140 valence electrons. The van der Waals surface area contributed by atoms with E-state index in [0.29, 0.717) is 18.0 Å². The average molecular weight is 349 g/mol. The zero-order valence-electron chi connectivity index (χ0n) is 15.9. The molecule has 0 aromatic carbocycles. The maximum atomic E-state index is 12.6. The molecule has 5 aliphatic rings. The molecule has 5 heteroatoms. The lowest BCUT2D eigenvalue weighted by atomic mass is 9.48. The fourth-order valence-electron chi connectivity index (χ4n) is 6.70. The minimum atomic E-state index is 0.152. The average Bonchev–Trinajstić information content (AvgIpc) is 2.54.